The molecule has 2 aliphatic rings. The molecule has 234 valence electrons. The van der Waals surface area contributed by atoms with Gasteiger partial charge in [0.2, 0.25) is 0 Å². The van der Waals surface area contributed by atoms with Crippen molar-refractivity contribution in [2.45, 2.75) is 60.0 Å². The number of aryl methyl sites for hydroxylation is 2. The van der Waals surface area contributed by atoms with Crippen molar-refractivity contribution in [1.82, 2.24) is 21.3 Å². The maximum absolute atomic E-state index is 12.9. The van der Waals surface area contributed by atoms with Gasteiger partial charge in [-0.05, 0) is 125 Å². The molecule has 0 aliphatic carbocycles. The quantitative estimate of drug-likeness (QED) is 0.285. The molecule has 2 aromatic rings. The topological polar surface area (TPSA) is 104 Å². The van der Waals surface area contributed by atoms with E-state index in [0.717, 1.165) is 55.8 Å². The van der Waals surface area contributed by atoms with Gasteiger partial charge in [-0.2, -0.15) is 0 Å². The molecule has 2 aromatic carbocycles. The number of ether oxygens (including phenoxy) is 1. The molecule has 0 bridgehead atoms. The van der Waals surface area contributed by atoms with E-state index in [9.17, 15) is 9.59 Å². The molecule has 0 radical (unpaired) electrons. The highest BCUT2D eigenvalue weighted by atomic mass is 16.6. The molecule has 8 nitrogen and oxygen atoms in total. The number of rotatable bonds is 5. The van der Waals surface area contributed by atoms with Crippen molar-refractivity contribution in [3.8, 4) is 0 Å². The second-order valence-corrected chi connectivity index (χ2v) is 11.4. The zero-order valence-electron chi connectivity index (χ0n) is 27.2. The summed E-state index contributed by atoms with van der Waals surface area (Å²) in [5.74, 6) is -0.0541. The van der Waals surface area contributed by atoms with Crippen molar-refractivity contribution >= 4 is 28.8 Å². The van der Waals surface area contributed by atoms with Crippen LogP contribution in [0.25, 0.3) is 11.1 Å². The van der Waals surface area contributed by atoms with Crippen molar-refractivity contribution in [3.05, 3.63) is 88.6 Å². The Kier molecular flexibility index (Phi) is 14.7. The second-order valence-electron chi connectivity index (χ2n) is 11.4. The Morgan fingerprint density at radius 3 is 1.98 bits per heavy atom. The van der Waals surface area contributed by atoms with Crippen molar-refractivity contribution < 1.29 is 14.3 Å². The molecule has 0 aromatic heterocycles. The number of benzene rings is 2. The van der Waals surface area contributed by atoms with Crippen LogP contribution in [0.4, 0.5) is 10.5 Å². The number of allylic oxidation sites excluding steroid dienone is 1. The normalized spacial score (nSPS) is 14.6. The van der Waals surface area contributed by atoms with Crippen LogP contribution in [-0.2, 0) is 4.74 Å². The summed E-state index contributed by atoms with van der Waals surface area (Å²) in [4.78, 5) is 23.4. The summed E-state index contributed by atoms with van der Waals surface area (Å²) in [6.45, 7) is 15.4. The first-order valence-corrected chi connectivity index (χ1v) is 15.0. The van der Waals surface area contributed by atoms with E-state index in [2.05, 4.69) is 69.9 Å². The zero-order valence-corrected chi connectivity index (χ0v) is 27.2. The minimum absolute atomic E-state index is 0.0541. The van der Waals surface area contributed by atoms with Crippen LogP contribution >= 0.6 is 0 Å². The fourth-order valence-corrected chi connectivity index (χ4v) is 4.67. The average Bonchev–Trinajstić information content (AvgIpc) is 2.98. The molecule has 5 N–H and O–H groups in total. The van der Waals surface area contributed by atoms with Crippen LogP contribution in [-0.4, -0.2) is 57.9 Å². The minimum Gasteiger partial charge on any atom is -0.444 e. The Bertz CT molecular complexity index is 1310. The molecule has 0 spiro atoms. The van der Waals surface area contributed by atoms with Crippen LogP contribution in [0.3, 0.4) is 0 Å². The summed E-state index contributed by atoms with van der Waals surface area (Å²) in [5.41, 5.74) is 8.63. The van der Waals surface area contributed by atoms with Crippen LogP contribution in [0.15, 0.2) is 60.8 Å². The highest BCUT2D eigenvalue weighted by Gasteiger charge is 2.15. The van der Waals surface area contributed by atoms with E-state index in [4.69, 9.17) is 4.74 Å². The lowest BCUT2D eigenvalue weighted by atomic mass is 9.95. The largest absolute Gasteiger partial charge is 0.444 e. The van der Waals surface area contributed by atoms with E-state index in [1.807, 2.05) is 66.1 Å². The third-order valence-corrected chi connectivity index (χ3v) is 6.74. The molecule has 43 heavy (non-hydrogen) atoms. The lowest BCUT2D eigenvalue weighted by Gasteiger charge is -2.18. The predicted molar refractivity (Wildman–Crippen MR) is 180 cm³/mol. The zero-order chi connectivity index (χ0) is 31.8. The van der Waals surface area contributed by atoms with Crippen LogP contribution in [0.5, 0.6) is 0 Å². The fraction of sp³-hybridized carbons (Fsp3) is 0.429. The first-order chi connectivity index (χ1) is 20.5. The van der Waals surface area contributed by atoms with Gasteiger partial charge < -0.3 is 31.3 Å². The van der Waals surface area contributed by atoms with Crippen molar-refractivity contribution in [3.63, 3.8) is 0 Å². The number of amides is 2. The molecular formula is C35H51N5O3. The van der Waals surface area contributed by atoms with Gasteiger partial charge in [0.1, 0.15) is 5.60 Å². The number of carbonyl (C=O) groups excluding carboxylic acids is 2. The number of alkyl carbamates (subject to hydrolysis) is 1. The smallest absolute Gasteiger partial charge is 0.407 e. The Labute approximate surface area is 258 Å². The highest BCUT2D eigenvalue weighted by Crippen LogP contribution is 2.27. The molecule has 0 unspecified atom stereocenters. The van der Waals surface area contributed by atoms with E-state index in [1.54, 1.807) is 0 Å². The fourth-order valence-electron chi connectivity index (χ4n) is 4.67. The predicted octanol–water partition coefficient (Wildman–Crippen LogP) is 6.19. The Hall–Kier alpha value is -3.88. The molecule has 0 saturated heterocycles. The summed E-state index contributed by atoms with van der Waals surface area (Å²) in [7, 11) is 3.41. The number of hydrogen-bond donors (Lipinski definition) is 5. The first-order valence-electron chi connectivity index (χ1n) is 15.0. The molecule has 0 saturated carbocycles. The average molecular weight is 590 g/mol. The Balaban J connectivity index is 0.000000385. The van der Waals surface area contributed by atoms with Crippen molar-refractivity contribution in [2.75, 3.05) is 45.6 Å². The van der Waals surface area contributed by atoms with Gasteiger partial charge in [-0.3, -0.25) is 4.79 Å². The summed E-state index contributed by atoms with van der Waals surface area (Å²) >= 11 is 0. The molecule has 4 rings (SSSR count). The molecule has 0 fully saturated rings. The third-order valence-electron chi connectivity index (χ3n) is 6.74. The molecule has 8 heteroatoms. The van der Waals surface area contributed by atoms with E-state index >= 15 is 0 Å². The van der Waals surface area contributed by atoms with Crippen LogP contribution in [0, 0.1) is 13.8 Å². The summed E-state index contributed by atoms with van der Waals surface area (Å²) in [6.07, 6.45) is 10.0. The highest BCUT2D eigenvalue weighted by molar-refractivity contribution is 6.05. The lowest BCUT2D eigenvalue weighted by molar-refractivity contribution is 0.0541. The van der Waals surface area contributed by atoms with Gasteiger partial charge in [0.15, 0.2) is 0 Å². The van der Waals surface area contributed by atoms with E-state index in [1.165, 1.54) is 34.9 Å². The van der Waals surface area contributed by atoms with Gasteiger partial charge in [-0.15, -0.1) is 0 Å². The minimum atomic E-state index is -0.389. The number of hydrogen-bond acceptors (Lipinski definition) is 6. The van der Waals surface area contributed by atoms with Gasteiger partial charge in [0, 0.05) is 38.4 Å². The van der Waals surface area contributed by atoms with Gasteiger partial charge in [0.05, 0.1) is 0 Å². The Morgan fingerprint density at radius 2 is 1.53 bits per heavy atom. The number of carbonyl (C=O) groups is 2. The number of anilines is 1. The van der Waals surface area contributed by atoms with E-state index in [0.29, 0.717) is 0 Å². The molecular weight excluding hydrogens is 538 g/mol. The standard InChI is InChI=1S/C25H29N3O.C6H13NO2.C4H9N/c1-17-15-21(19-7-11-26-12-8-19)3-5-24(17)25(29)28-22-4-6-23(18(2)16-22)20-9-13-27-14-10-20;1-6(2,3)9-5(8)7-4;1-3-4-5-2/h3-7,9,15-16,26-27H,8,10-14H2,1-2H3,(H,28,29);1-4H3,(H,7,8);3-5H,1-2H3/b;;4-3-. The second kappa shape index (κ2) is 17.9. The van der Waals surface area contributed by atoms with Crippen LogP contribution in [0.1, 0.15) is 73.1 Å². The molecule has 2 heterocycles. The van der Waals surface area contributed by atoms with Crippen molar-refractivity contribution in [2.24, 2.45) is 0 Å². The van der Waals surface area contributed by atoms with Crippen LogP contribution in [0.2, 0.25) is 0 Å². The van der Waals surface area contributed by atoms with Gasteiger partial charge in [-0.1, -0.05) is 36.4 Å². The first kappa shape index (κ1) is 35.3. The lowest BCUT2D eigenvalue weighted by Crippen LogP contribution is -2.30. The van der Waals surface area contributed by atoms with E-state index in [-0.39, 0.29) is 17.6 Å². The van der Waals surface area contributed by atoms with Gasteiger partial charge in [-0.25, -0.2) is 4.79 Å². The molecule has 0 atom stereocenters. The Morgan fingerprint density at radius 1 is 0.884 bits per heavy atom. The molecule has 2 aliphatic heterocycles. The van der Waals surface area contributed by atoms with Gasteiger partial charge >= 0.3 is 6.09 Å². The maximum atomic E-state index is 12.9. The summed E-state index contributed by atoms with van der Waals surface area (Å²) < 4.78 is 4.84. The number of nitrogens with one attached hydrogen (secondary N) is 5. The third kappa shape index (κ3) is 12.5. The SMILES string of the molecule is C/C=C\NC.CNC(=O)OC(C)(C)C.Cc1cc(C2=CCNCC2)ccc1C(=O)Nc1ccc(C2=CCNCC2)c(C)c1. The summed E-state index contributed by atoms with van der Waals surface area (Å²) in [5, 5.41) is 15.0. The molecule has 2 amide bonds. The maximum Gasteiger partial charge on any atom is 0.407 e. The monoisotopic (exact) mass is 589 g/mol. The van der Waals surface area contributed by atoms with Crippen molar-refractivity contribution in [1.29, 1.82) is 0 Å². The van der Waals surface area contributed by atoms with E-state index < -0.39 is 0 Å². The van der Waals surface area contributed by atoms with Crippen LogP contribution < -0.4 is 26.6 Å². The van der Waals surface area contributed by atoms with Gasteiger partial charge in [0.25, 0.3) is 5.91 Å². The summed E-state index contributed by atoms with van der Waals surface area (Å²) in [6, 6.07) is 12.3.